The lowest BCUT2D eigenvalue weighted by molar-refractivity contribution is 0.174. The molecule has 4 rings (SSSR count). The molecule has 0 amide bonds. The van der Waals surface area contributed by atoms with E-state index in [1.165, 1.54) is 11.1 Å². The number of hydrogen-bond acceptors (Lipinski definition) is 6. The Morgan fingerprint density at radius 3 is 2.68 bits per heavy atom. The van der Waals surface area contributed by atoms with Gasteiger partial charge in [-0.25, -0.2) is 9.97 Å². The first kappa shape index (κ1) is 18.1. The molecule has 0 spiro atoms. The molecule has 0 saturated heterocycles. The standard InChI is InChI=1S/C22H24N4O2/c1-14(2)17-6-4-5-15(3)22(17)26-21-10-20(24-12-25-21)23-11-16-7-8-18-19(9-16)28-13-27-18/h4-10,12,14H,11,13H2,1-3H3,(H2,23,24,25,26). The third-order valence-electron chi connectivity index (χ3n) is 4.76. The van der Waals surface area contributed by atoms with Gasteiger partial charge in [-0.2, -0.15) is 0 Å². The monoisotopic (exact) mass is 376 g/mol. The van der Waals surface area contributed by atoms with Crippen LogP contribution in [0.1, 0.15) is 36.5 Å². The lowest BCUT2D eigenvalue weighted by Crippen LogP contribution is -2.05. The van der Waals surface area contributed by atoms with Gasteiger partial charge in [-0.1, -0.05) is 38.1 Å². The second-order valence-electron chi connectivity index (χ2n) is 7.15. The van der Waals surface area contributed by atoms with Crippen molar-refractivity contribution in [1.82, 2.24) is 9.97 Å². The van der Waals surface area contributed by atoms with Crippen molar-refractivity contribution >= 4 is 17.3 Å². The zero-order valence-electron chi connectivity index (χ0n) is 16.3. The number of nitrogens with one attached hydrogen (secondary N) is 2. The second-order valence-corrected chi connectivity index (χ2v) is 7.15. The van der Waals surface area contributed by atoms with Gasteiger partial charge in [0, 0.05) is 18.3 Å². The van der Waals surface area contributed by atoms with Gasteiger partial charge in [0.15, 0.2) is 11.5 Å². The first-order chi connectivity index (χ1) is 13.6. The van der Waals surface area contributed by atoms with Crippen LogP contribution in [0.3, 0.4) is 0 Å². The molecule has 6 heteroatoms. The first-order valence-electron chi connectivity index (χ1n) is 9.41. The molecule has 3 aromatic rings. The molecular weight excluding hydrogens is 352 g/mol. The van der Waals surface area contributed by atoms with Crippen LogP contribution < -0.4 is 20.1 Å². The molecule has 2 heterocycles. The van der Waals surface area contributed by atoms with Gasteiger partial charge in [0.2, 0.25) is 6.79 Å². The van der Waals surface area contributed by atoms with E-state index in [1.54, 1.807) is 6.33 Å². The van der Waals surface area contributed by atoms with E-state index >= 15 is 0 Å². The normalized spacial score (nSPS) is 12.3. The van der Waals surface area contributed by atoms with E-state index in [1.807, 2.05) is 24.3 Å². The molecule has 0 atom stereocenters. The third kappa shape index (κ3) is 3.86. The number of hydrogen-bond donors (Lipinski definition) is 2. The van der Waals surface area contributed by atoms with Crippen molar-refractivity contribution < 1.29 is 9.47 Å². The van der Waals surface area contributed by atoms with E-state index in [9.17, 15) is 0 Å². The number of fused-ring (bicyclic) bond motifs is 1. The number of para-hydroxylation sites is 1. The second kappa shape index (κ2) is 7.76. The molecule has 144 valence electrons. The minimum atomic E-state index is 0.282. The summed E-state index contributed by atoms with van der Waals surface area (Å²) >= 11 is 0. The Hall–Kier alpha value is -3.28. The zero-order valence-corrected chi connectivity index (χ0v) is 16.3. The molecule has 1 aromatic heterocycles. The fourth-order valence-corrected chi connectivity index (χ4v) is 3.24. The Balaban J connectivity index is 1.48. The minimum Gasteiger partial charge on any atom is -0.454 e. The molecule has 0 radical (unpaired) electrons. The highest BCUT2D eigenvalue weighted by molar-refractivity contribution is 5.66. The van der Waals surface area contributed by atoms with E-state index in [0.29, 0.717) is 12.5 Å². The molecule has 0 saturated carbocycles. The predicted molar refractivity (Wildman–Crippen MR) is 110 cm³/mol. The van der Waals surface area contributed by atoms with Crippen LogP contribution in [0.2, 0.25) is 0 Å². The number of aromatic nitrogens is 2. The number of ether oxygens (including phenoxy) is 2. The minimum absolute atomic E-state index is 0.282. The number of rotatable bonds is 6. The van der Waals surface area contributed by atoms with Gasteiger partial charge in [-0.15, -0.1) is 0 Å². The lowest BCUT2D eigenvalue weighted by atomic mass is 9.98. The molecule has 1 aliphatic rings. The van der Waals surface area contributed by atoms with Gasteiger partial charge in [0.05, 0.1) is 0 Å². The highest BCUT2D eigenvalue weighted by Crippen LogP contribution is 2.33. The number of benzene rings is 2. The number of anilines is 3. The van der Waals surface area contributed by atoms with Crippen LogP contribution >= 0.6 is 0 Å². The van der Waals surface area contributed by atoms with Gasteiger partial charge in [0.1, 0.15) is 18.0 Å². The summed E-state index contributed by atoms with van der Waals surface area (Å²) in [4.78, 5) is 8.71. The fourth-order valence-electron chi connectivity index (χ4n) is 3.24. The molecule has 6 nitrogen and oxygen atoms in total. The highest BCUT2D eigenvalue weighted by Gasteiger charge is 2.13. The molecule has 2 N–H and O–H groups in total. The summed E-state index contributed by atoms with van der Waals surface area (Å²) in [6.45, 7) is 7.41. The van der Waals surface area contributed by atoms with Crippen molar-refractivity contribution in [3.05, 3.63) is 65.5 Å². The van der Waals surface area contributed by atoms with Crippen LogP contribution in [0, 0.1) is 6.92 Å². The van der Waals surface area contributed by atoms with Crippen LogP contribution in [-0.4, -0.2) is 16.8 Å². The molecule has 28 heavy (non-hydrogen) atoms. The van der Waals surface area contributed by atoms with Crippen molar-refractivity contribution in [2.75, 3.05) is 17.4 Å². The molecule has 0 aliphatic carbocycles. The molecule has 2 aromatic carbocycles. The number of nitrogens with zero attached hydrogens (tertiary/aromatic N) is 2. The summed E-state index contributed by atoms with van der Waals surface area (Å²) < 4.78 is 10.8. The largest absolute Gasteiger partial charge is 0.454 e. The third-order valence-corrected chi connectivity index (χ3v) is 4.76. The molecule has 0 fully saturated rings. The van der Waals surface area contributed by atoms with E-state index in [2.05, 4.69) is 59.6 Å². The van der Waals surface area contributed by atoms with E-state index in [0.717, 1.165) is 34.4 Å². The SMILES string of the molecule is Cc1cccc(C(C)C)c1Nc1cc(NCc2ccc3c(c2)OCO3)ncn1. The zero-order chi connectivity index (χ0) is 19.5. The van der Waals surface area contributed by atoms with Crippen molar-refractivity contribution in [1.29, 1.82) is 0 Å². The van der Waals surface area contributed by atoms with Gasteiger partial charge >= 0.3 is 0 Å². The summed E-state index contributed by atoms with van der Waals surface area (Å²) in [5, 5.41) is 6.81. The van der Waals surface area contributed by atoms with Gasteiger partial charge < -0.3 is 20.1 Å². The quantitative estimate of drug-likeness (QED) is 0.631. The first-order valence-corrected chi connectivity index (χ1v) is 9.41. The maximum Gasteiger partial charge on any atom is 0.231 e. The van der Waals surface area contributed by atoms with Crippen molar-refractivity contribution in [3.8, 4) is 11.5 Å². The Morgan fingerprint density at radius 2 is 1.82 bits per heavy atom. The Bertz CT molecular complexity index is 988. The maximum atomic E-state index is 5.43. The summed E-state index contributed by atoms with van der Waals surface area (Å²) in [5.74, 6) is 3.52. The average Bonchev–Trinajstić information content (AvgIpc) is 3.16. The average molecular weight is 376 g/mol. The summed E-state index contributed by atoms with van der Waals surface area (Å²) in [6, 6.07) is 14.2. The van der Waals surface area contributed by atoms with Crippen molar-refractivity contribution in [2.24, 2.45) is 0 Å². The van der Waals surface area contributed by atoms with Crippen LogP contribution in [0.25, 0.3) is 0 Å². The molecule has 0 unspecified atom stereocenters. The van der Waals surface area contributed by atoms with E-state index in [-0.39, 0.29) is 6.79 Å². The Kier molecular flexibility index (Phi) is 5.02. The van der Waals surface area contributed by atoms with Crippen molar-refractivity contribution in [2.45, 2.75) is 33.2 Å². The highest BCUT2D eigenvalue weighted by atomic mass is 16.7. The fraction of sp³-hybridized carbons (Fsp3) is 0.273. The van der Waals surface area contributed by atoms with E-state index < -0.39 is 0 Å². The molecule has 0 bridgehead atoms. The molecule has 1 aliphatic heterocycles. The Morgan fingerprint density at radius 1 is 1.00 bits per heavy atom. The predicted octanol–water partition coefficient (Wildman–Crippen LogP) is 4.99. The van der Waals surface area contributed by atoms with Crippen LogP contribution in [-0.2, 0) is 6.54 Å². The van der Waals surface area contributed by atoms with Gasteiger partial charge in [-0.05, 0) is 41.7 Å². The number of aryl methyl sites for hydroxylation is 1. The maximum absolute atomic E-state index is 5.43. The summed E-state index contributed by atoms with van der Waals surface area (Å²) in [5.41, 5.74) is 4.67. The van der Waals surface area contributed by atoms with Crippen LogP contribution in [0.4, 0.5) is 17.3 Å². The van der Waals surface area contributed by atoms with Crippen molar-refractivity contribution in [3.63, 3.8) is 0 Å². The topological polar surface area (TPSA) is 68.3 Å². The Labute approximate surface area is 164 Å². The van der Waals surface area contributed by atoms with Crippen LogP contribution in [0.15, 0.2) is 48.8 Å². The summed E-state index contributed by atoms with van der Waals surface area (Å²) in [7, 11) is 0. The lowest BCUT2D eigenvalue weighted by Gasteiger charge is -2.17. The van der Waals surface area contributed by atoms with Gasteiger partial charge in [0.25, 0.3) is 0 Å². The molecular formula is C22H24N4O2. The smallest absolute Gasteiger partial charge is 0.231 e. The van der Waals surface area contributed by atoms with Crippen LogP contribution in [0.5, 0.6) is 11.5 Å². The van der Waals surface area contributed by atoms with E-state index in [4.69, 9.17) is 9.47 Å². The van der Waals surface area contributed by atoms with Gasteiger partial charge in [-0.3, -0.25) is 0 Å². The summed E-state index contributed by atoms with van der Waals surface area (Å²) in [6.07, 6.45) is 1.57.